The lowest BCUT2D eigenvalue weighted by atomic mass is 9.83. The van der Waals surface area contributed by atoms with Gasteiger partial charge >= 0.3 is 0 Å². The Morgan fingerprint density at radius 1 is 1.28 bits per heavy atom. The Balaban J connectivity index is 1.70. The summed E-state index contributed by atoms with van der Waals surface area (Å²) in [4.78, 5) is 8.39. The first-order chi connectivity index (χ1) is 12.2. The van der Waals surface area contributed by atoms with Crippen molar-refractivity contribution in [2.45, 2.75) is 32.1 Å². The van der Waals surface area contributed by atoms with Gasteiger partial charge in [0.15, 0.2) is 5.96 Å². The van der Waals surface area contributed by atoms with Crippen molar-refractivity contribution in [3.05, 3.63) is 23.4 Å². The second-order valence-electron chi connectivity index (χ2n) is 6.47. The molecule has 0 aromatic carbocycles. The molecule has 2 rings (SSSR count). The molecule has 0 amide bonds. The molecule has 2 N–H and O–H groups in total. The summed E-state index contributed by atoms with van der Waals surface area (Å²) in [6.07, 6.45) is 7.79. The molecule has 1 aliphatic carbocycles. The lowest BCUT2D eigenvalue weighted by molar-refractivity contribution is 0.138. The minimum atomic E-state index is 0.331. The maximum atomic E-state index is 5.80. The van der Waals surface area contributed by atoms with Gasteiger partial charge in [0, 0.05) is 39.6 Å². The summed E-state index contributed by atoms with van der Waals surface area (Å²) >= 11 is 5.80. The first kappa shape index (κ1) is 19.8. The number of guanidine groups is 1. The van der Waals surface area contributed by atoms with Crippen LogP contribution < -0.4 is 15.4 Å². The highest BCUT2D eigenvalue weighted by atomic mass is 35.5. The third kappa shape index (κ3) is 6.71. The number of aliphatic imine (C=N–C) groups is 1. The number of ether oxygens (including phenoxy) is 2. The van der Waals surface area contributed by atoms with E-state index in [1.54, 1.807) is 32.5 Å². The van der Waals surface area contributed by atoms with E-state index in [9.17, 15) is 0 Å². The molecule has 0 bridgehead atoms. The van der Waals surface area contributed by atoms with Crippen LogP contribution >= 0.6 is 11.6 Å². The minimum absolute atomic E-state index is 0.331. The van der Waals surface area contributed by atoms with E-state index < -0.39 is 0 Å². The fourth-order valence-electron chi connectivity index (χ4n) is 3.22. The van der Waals surface area contributed by atoms with E-state index in [1.165, 1.54) is 25.7 Å². The highest BCUT2D eigenvalue weighted by molar-refractivity contribution is 6.30. The molecule has 0 aliphatic heterocycles. The Hall–Kier alpha value is -1.53. The first-order valence-corrected chi connectivity index (χ1v) is 9.23. The second-order valence-corrected chi connectivity index (χ2v) is 6.90. The van der Waals surface area contributed by atoms with Crippen LogP contribution in [0.2, 0.25) is 5.02 Å². The van der Waals surface area contributed by atoms with Crippen LogP contribution in [0.15, 0.2) is 23.3 Å². The molecule has 0 spiro atoms. The lowest BCUT2D eigenvalue weighted by Crippen LogP contribution is -2.44. The highest BCUT2D eigenvalue weighted by Crippen LogP contribution is 2.40. The van der Waals surface area contributed by atoms with Crippen LogP contribution in [0.3, 0.4) is 0 Å². The van der Waals surface area contributed by atoms with Gasteiger partial charge in [-0.15, -0.1) is 0 Å². The molecule has 0 radical (unpaired) electrons. The number of nitrogens with one attached hydrogen (secondary N) is 2. The van der Waals surface area contributed by atoms with Gasteiger partial charge in [-0.1, -0.05) is 24.4 Å². The summed E-state index contributed by atoms with van der Waals surface area (Å²) in [6, 6.07) is 3.52. The van der Waals surface area contributed by atoms with E-state index in [0.717, 1.165) is 25.5 Å². The third-order valence-electron chi connectivity index (χ3n) is 4.70. The van der Waals surface area contributed by atoms with Gasteiger partial charge in [0.2, 0.25) is 5.88 Å². The van der Waals surface area contributed by atoms with Gasteiger partial charge in [-0.2, -0.15) is 0 Å². The molecule has 25 heavy (non-hydrogen) atoms. The van der Waals surface area contributed by atoms with E-state index in [4.69, 9.17) is 21.1 Å². The average molecular weight is 369 g/mol. The second kappa shape index (κ2) is 10.5. The maximum absolute atomic E-state index is 5.80. The van der Waals surface area contributed by atoms with Gasteiger partial charge in [-0.05, 0) is 30.7 Å². The van der Waals surface area contributed by atoms with Gasteiger partial charge < -0.3 is 20.1 Å². The van der Waals surface area contributed by atoms with Crippen LogP contribution in [0.25, 0.3) is 0 Å². The molecule has 6 nitrogen and oxygen atoms in total. The zero-order chi connectivity index (χ0) is 18.0. The summed E-state index contributed by atoms with van der Waals surface area (Å²) < 4.78 is 10.9. The zero-order valence-corrected chi connectivity index (χ0v) is 15.9. The fraction of sp³-hybridized carbons (Fsp3) is 0.667. The van der Waals surface area contributed by atoms with Crippen LogP contribution in [0.4, 0.5) is 0 Å². The molecule has 0 atom stereocenters. The fourth-order valence-corrected chi connectivity index (χ4v) is 3.34. The van der Waals surface area contributed by atoms with Crippen molar-refractivity contribution in [2.24, 2.45) is 10.4 Å². The molecule has 1 heterocycles. The molecular weight excluding hydrogens is 340 g/mol. The number of methoxy groups -OCH3 is 1. The van der Waals surface area contributed by atoms with Crippen molar-refractivity contribution in [3.63, 3.8) is 0 Å². The van der Waals surface area contributed by atoms with Crippen molar-refractivity contribution in [1.82, 2.24) is 15.6 Å². The Morgan fingerprint density at radius 2 is 2.08 bits per heavy atom. The number of rotatable bonds is 9. The smallest absolute Gasteiger partial charge is 0.213 e. The monoisotopic (exact) mass is 368 g/mol. The average Bonchev–Trinajstić information content (AvgIpc) is 3.10. The Kier molecular flexibility index (Phi) is 8.28. The van der Waals surface area contributed by atoms with E-state index in [0.29, 0.717) is 29.5 Å². The number of hydrogen-bond acceptors (Lipinski definition) is 4. The van der Waals surface area contributed by atoms with Crippen LogP contribution in [0.5, 0.6) is 5.88 Å². The van der Waals surface area contributed by atoms with Gasteiger partial charge in [0.1, 0.15) is 6.61 Å². The Bertz CT molecular complexity index is 530. The number of pyridine rings is 1. The molecule has 0 saturated heterocycles. The SMILES string of the molecule is CN=C(NCCOc1ccc(Cl)cn1)NCC1(CCOC)CCCC1. The third-order valence-corrected chi connectivity index (χ3v) is 4.92. The predicted octanol–water partition coefficient (Wildman–Crippen LogP) is 2.88. The van der Waals surface area contributed by atoms with E-state index >= 15 is 0 Å². The molecule has 1 aromatic heterocycles. The Morgan fingerprint density at radius 3 is 2.72 bits per heavy atom. The van der Waals surface area contributed by atoms with E-state index in [1.807, 2.05) is 0 Å². The first-order valence-electron chi connectivity index (χ1n) is 8.85. The molecule has 1 aliphatic rings. The summed E-state index contributed by atoms with van der Waals surface area (Å²) in [7, 11) is 3.56. The summed E-state index contributed by atoms with van der Waals surface area (Å²) in [5, 5.41) is 7.34. The number of aromatic nitrogens is 1. The molecule has 7 heteroatoms. The molecule has 1 saturated carbocycles. The van der Waals surface area contributed by atoms with Crippen LogP contribution in [0.1, 0.15) is 32.1 Å². The quantitative estimate of drug-likeness (QED) is 0.398. The molecular formula is C18H29ClN4O2. The van der Waals surface area contributed by atoms with Crippen molar-refractivity contribution < 1.29 is 9.47 Å². The molecule has 1 aromatic rings. The molecule has 0 unspecified atom stereocenters. The van der Waals surface area contributed by atoms with Crippen molar-refractivity contribution in [2.75, 3.05) is 40.5 Å². The maximum Gasteiger partial charge on any atom is 0.213 e. The minimum Gasteiger partial charge on any atom is -0.476 e. The van der Waals surface area contributed by atoms with Crippen molar-refractivity contribution in [3.8, 4) is 5.88 Å². The van der Waals surface area contributed by atoms with Gasteiger partial charge in [0.05, 0.1) is 11.6 Å². The summed E-state index contributed by atoms with van der Waals surface area (Å²) in [5.74, 6) is 1.37. The van der Waals surface area contributed by atoms with Crippen LogP contribution in [0, 0.1) is 5.41 Å². The topological polar surface area (TPSA) is 67.8 Å². The number of hydrogen-bond donors (Lipinski definition) is 2. The van der Waals surface area contributed by atoms with Gasteiger partial charge in [-0.3, -0.25) is 4.99 Å². The molecule has 1 fully saturated rings. The van der Waals surface area contributed by atoms with E-state index in [2.05, 4.69) is 20.6 Å². The number of halogens is 1. The van der Waals surface area contributed by atoms with Gasteiger partial charge in [0.25, 0.3) is 0 Å². The Labute approximate surface area is 155 Å². The van der Waals surface area contributed by atoms with Crippen LogP contribution in [-0.2, 0) is 4.74 Å². The summed E-state index contributed by atoms with van der Waals surface area (Å²) in [5.41, 5.74) is 0.331. The zero-order valence-electron chi connectivity index (χ0n) is 15.2. The highest BCUT2D eigenvalue weighted by Gasteiger charge is 2.33. The summed E-state index contributed by atoms with van der Waals surface area (Å²) in [6.45, 7) is 2.89. The van der Waals surface area contributed by atoms with E-state index in [-0.39, 0.29) is 0 Å². The van der Waals surface area contributed by atoms with Crippen LogP contribution in [-0.4, -0.2) is 51.4 Å². The van der Waals surface area contributed by atoms with Gasteiger partial charge in [-0.25, -0.2) is 4.98 Å². The normalized spacial score (nSPS) is 16.7. The largest absolute Gasteiger partial charge is 0.476 e. The van der Waals surface area contributed by atoms with Crippen molar-refractivity contribution in [1.29, 1.82) is 0 Å². The lowest BCUT2D eigenvalue weighted by Gasteiger charge is -2.29. The molecule has 140 valence electrons. The number of nitrogens with zero attached hydrogens (tertiary/aromatic N) is 2. The predicted molar refractivity (Wildman–Crippen MR) is 102 cm³/mol. The van der Waals surface area contributed by atoms with Crippen molar-refractivity contribution >= 4 is 17.6 Å². The standard InChI is InChI=1S/C18H29ClN4O2/c1-20-17(21-10-12-25-16-6-5-15(19)13-22-16)23-14-18(9-11-24-2)7-3-4-8-18/h5-6,13H,3-4,7-12,14H2,1-2H3,(H2,20,21,23).